The first-order valence-corrected chi connectivity index (χ1v) is 8.43. The third kappa shape index (κ3) is 5.10. The highest BCUT2D eigenvalue weighted by atomic mass is 35.5. The molecule has 0 aliphatic carbocycles. The van der Waals surface area contributed by atoms with Crippen LogP contribution in [-0.4, -0.2) is 35.8 Å². The number of benzene rings is 1. The van der Waals surface area contributed by atoms with Gasteiger partial charge in [0.05, 0.1) is 17.2 Å². The predicted octanol–water partition coefficient (Wildman–Crippen LogP) is 3.31. The fraction of sp³-hybridized carbons (Fsp3) is 0.529. The number of amides is 2. The summed E-state index contributed by atoms with van der Waals surface area (Å²) in [6.07, 6.45) is 3.19. The van der Waals surface area contributed by atoms with E-state index in [0.29, 0.717) is 16.3 Å². The first-order valence-electron chi connectivity index (χ1n) is 8.05. The van der Waals surface area contributed by atoms with Crippen LogP contribution < -0.4 is 11.1 Å². The Bertz CT molecular complexity index is 587. The van der Waals surface area contributed by atoms with Gasteiger partial charge in [-0.15, -0.1) is 12.4 Å². The van der Waals surface area contributed by atoms with Gasteiger partial charge in [-0.3, -0.25) is 9.59 Å². The van der Waals surface area contributed by atoms with E-state index in [0.717, 1.165) is 32.4 Å². The summed E-state index contributed by atoms with van der Waals surface area (Å²) in [4.78, 5) is 26.8. The number of nitrogens with zero attached hydrogens (tertiary/aromatic N) is 1. The second kappa shape index (κ2) is 9.25. The average molecular weight is 374 g/mol. The number of carbonyl (C=O) groups is 2. The van der Waals surface area contributed by atoms with Crippen molar-refractivity contribution in [1.82, 2.24) is 4.90 Å². The number of nitrogens with one attached hydrogen (secondary N) is 1. The molecule has 1 aliphatic rings. The second-order valence-electron chi connectivity index (χ2n) is 6.18. The van der Waals surface area contributed by atoms with Crippen LogP contribution >= 0.6 is 24.0 Å². The molecule has 0 aromatic heterocycles. The first-order chi connectivity index (χ1) is 10.9. The van der Waals surface area contributed by atoms with Gasteiger partial charge in [-0.2, -0.15) is 0 Å². The fourth-order valence-electron chi connectivity index (χ4n) is 2.56. The molecular formula is C17H25Cl2N3O2. The maximum Gasteiger partial charge on any atom is 0.255 e. The fourth-order valence-corrected chi connectivity index (χ4v) is 2.73. The van der Waals surface area contributed by atoms with Gasteiger partial charge in [-0.25, -0.2) is 0 Å². The minimum absolute atomic E-state index is 0. The topological polar surface area (TPSA) is 75.4 Å². The summed E-state index contributed by atoms with van der Waals surface area (Å²) in [6.45, 7) is 5.05. The number of rotatable bonds is 4. The van der Waals surface area contributed by atoms with Gasteiger partial charge in [0.25, 0.3) is 5.91 Å². The van der Waals surface area contributed by atoms with Crippen LogP contribution in [0.5, 0.6) is 0 Å². The molecule has 24 heavy (non-hydrogen) atoms. The van der Waals surface area contributed by atoms with Crippen LogP contribution in [0.15, 0.2) is 18.2 Å². The van der Waals surface area contributed by atoms with Crippen LogP contribution in [0.3, 0.4) is 0 Å². The van der Waals surface area contributed by atoms with Gasteiger partial charge in [-0.05, 0) is 44.4 Å². The standard InChI is InChI=1S/C17H24ClN3O2.ClH/c1-11(12(2)19)16(22)20-15-10-13(18)6-7-14(15)17(23)21-8-4-3-5-9-21;/h6-7,10-12H,3-5,8-9,19H2,1-2H3,(H,20,22);1H. The smallest absolute Gasteiger partial charge is 0.255 e. The second-order valence-corrected chi connectivity index (χ2v) is 6.62. The summed E-state index contributed by atoms with van der Waals surface area (Å²) in [5.41, 5.74) is 6.70. The van der Waals surface area contributed by atoms with E-state index >= 15 is 0 Å². The lowest BCUT2D eigenvalue weighted by Gasteiger charge is -2.27. The van der Waals surface area contributed by atoms with Crippen molar-refractivity contribution < 1.29 is 9.59 Å². The van der Waals surface area contributed by atoms with E-state index in [1.165, 1.54) is 0 Å². The van der Waals surface area contributed by atoms with Crippen LogP contribution in [0.4, 0.5) is 5.69 Å². The zero-order chi connectivity index (χ0) is 17.0. The highest BCUT2D eigenvalue weighted by Crippen LogP contribution is 2.24. The molecule has 134 valence electrons. The lowest BCUT2D eigenvalue weighted by Crippen LogP contribution is -2.37. The van der Waals surface area contributed by atoms with E-state index in [4.69, 9.17) is 17.3 Å². The number of likely N-dealkylation sites (tertiary alicyclic amines) is 1. The minimum Gasteiger partial charge on any atom is -0.339 e. The van der Waals surface area contributed by atoms with Crippen LogP contribution in [0.25, 0.3) is 0 Å². The Labute approximate surface area is 154 Å². The lowest BCUT2D eigenvalue weighted by molar-refractivity contribution is -0.119. The summed E-state index contributed by atoms with van der Waals surface area (Å²) >= 11 is 6.03. The zero-order valence-electron chi connectivity index (χ0n) is 14.0. The van der Waals surface area contributed by atoms with E-state index in [1.807, 2.05) is 4.90 Å². The van der Waals surface area contributed by atoms with Gasteiger partial charge in [0.15, 0.2) is 0 Å². The van der Waals surface area contributed by atoms with E-state index < -0.39 is 0 Å². The highest BCUT2D eigenvalue weighted by Gasteiger charge is 2.23. The molecule has 5 nitrogen and oxygen atoms in total. The molecule has 7 heteroatoms. The van der Waals surface area contributed by atoms with Crippen molar-refractivity contribution in [1.29, 1.82) is 0 Å². The Balaban J connectivity index is 0.00000288. The lowest BCUT2D eigenvalue weighted by atomic mass is 10.0. The van der Waals surface area contributed by atoms with Crippen molar-refractivity contribution in [3.63, 3.8) is 0 Å². The average Bonchev–Trinajstić information content (AvgIpc) is 2.54. The highest BCUT2D eigenvalue weighted by molar-refractivity contribution is 6.31. The van der Waals surface area contributed by atoms with Crippen LogP contribution in [-0.2, 0) is 4.79 Å². The SMILES string of the molecule is CC(N)C(C)C(=O)Nc1cc(Cl)ccc1C(=O)N1CCCCC1.Cl. The van der Waals surface area contributed by atoms with Gasteiger partial charge in [0.2, 0.25) is 5.91 Å². The largest absolute Gasteiger partial charge is 0.339 e. The van der Waals surface area contributed by atoms with Gasteiger partial charge >= 0.3 is 0 Å². The summed E-state index contributed by atoms with van der Waals surface area (Å²) in [5.74, 6) is -0.632. The molecule has 1 aromatic rings. The summed E-state index contributed by atoms with van der Waals surface area (Å²) in [6, 6.07) is 4.69. The molecule has 3 N–H and O–H groups in total. The van der Waals surface area contributed by atoms with Crippen LogP contribution in [0.2, 0.25) is 5.02 Å². The molecule has 1 fully saturated rings. The third-order valence-corrected chi connectivity index (χ3v) is 4.55. The minimum atomic E-state index is -0.355. The Morgan fingerprint density at radius 3 is 2.42 bits per heavy atom. The van der Waals surface area contributed by atoms with Crippen molar-refractivity contribution in [2.75, 3.05) is 18.4 Å². The molecule has 0 spiro atoms. The molecular weight excluding hydrogens is 349 g/mol. The Kier molecular flexibility index (Phi) is 8.00. The molecule has 1 aromatic carbocycles. The Morgan fingerprint density at radius 2 is 1.83 bits per heavy atom. The van der Waals surface area contributed by atoms with E-state index in [2.05, 4.69) is 5.32 Å². The van der Waals surface area contributed by atoms with Gasteiger partial charge in [-0.1, -0.05) is 18.5 Å². The van der Waals surface area contributed by atoms with Crippen molar-refractivity contribution in [2.24, 2.45) is 11.7 Å². The maximum absolute atomic E-state index is 12.7. The number of halogens is 2. The van der Waals surface area contributed by atoms with E-state index in [9.17, 15) is 9.59 Å². The van der Waals surface area contributed by atoms with Gasteiger partial charge in [0, 0.05) is 24.2 Å². The molecule has 2 rings (SSSR count). The monoisotopic (exact) mass is 373 g/mol. The summed E-state index contributed by atoms with van der Waals surface area (Å²) in [7, 11) is 0. The number of hydrogen-bond donors (Lipinski definition) is 2. The van der Waals surface area contributed by atoms with Crippen molar-refractivity contribution >= 4 is 41.5 Å². The number of anilines is 1. The molecule has 0 saturated carbocycles. The Hall–Kier alpha value is -1.30. The van der Waals surface area contributed by atoms with Crippen molar-refractivity contribution in [3.8, 4) is 0 Å². The molecule has 0 radical (unpaired) electrons. The van der Waals surface area contributed by atoms with Gasteiger partial charge < -0.3 is 16.0 Å². The summed E-state index contributed by atoms with van der Waals surface area (Å²) in [5, 5.41) is 3.28. The third-order valence-electron chi connectivity index (χ3n) is 4.32. The maximum atomic E-state index is 12.7. The zero-order valence-corrected chi connectivity index (χ0v) is 15.6. The summed E-state index contributed by atoms with van der Waals surface area (Å²) < 4.78 is 0. The predicted molar refractivity (Wildman–Crippen MR) is 99.9 cm³/mol. The number of hydrogen-bond acceptors (Lipinski definition) is 3. The molecule has 1 saturated heterocycles. The Morgan fingerprint density at radius 1 is 1.21 bits per heavy atom. The normalized spacial score (nSPS) is 16.8. The number of carbonyl (C=O) groups excluding carboxylic acids is 2. The molecule has 2 atom stereocenters. The number of piperidine rings is 1. The molecule has 1 aliphatic heterocycles. The molecule has 1 heterocycles. The quantitative estimate of drug-likeness (QED) is 0.849. The van der Waals surface area contributed by atoms with E-state index in [-0.39, 0.29) is 36.2 Å². The molecule has 2 amide bonds. The van der Waals surface area contributed by atoms with Crippen LogP contribution in [0, 0.1) is 5.92 Å². The van der Waals surface area contributed by atoms with Crippen LogP contribution in [0.1, 0.15) is 43.5 Å². The van der Waals surface area contributed by atoms with Gasteiger partial charge in [0.1, 0.15) is 0 Å². The first kappa shape index (κ1) is 20.7. The number of nitrogens with two attached hydrogens (primary N) is 1. The van der Waals surface area contributed by atoms with E-state index in [1.54, 1.807) is 32.0 Å². The molecule has 2 unspecified atom stereocenters. The molecule has 0 bridgehead atoms. The van der Waals surface area contributed by atoms with Crippen molar-refractivity contribution in [3.05, 3.63) is 28.8 Å². The van der Waals surface area contributed by atoms with Crippen molar-refractivity contribution in [2.45, 2.75) is 39.2 Å².